The first kappa shape index (κ1) is 9.45. The molecule has 0 aliphatic heterocycles. The zero-order valence-electron chi connectivity index (χ0n) is 8.11. The molecular formula is C11H9NO3. The number of rotatable bonds is 1. The number of benzene rings is 1. The molecule has 1 aromatic carbocycles. The Morgan fingerprint density at radius 3 is 2.67 bits per heavy atom. The molecule has 0 unspecified atom stereocenters. The van der Waals surface area contributed by atoms with E-state index in [1.165, 1.54) is 6.92 Å². The van der Waals surface area contributed by atoms with Crippen LogP contribution in [-0.4, -0.2) is 5.91 Å². The third-order valence-corrected chi connectivity index (χ3v) is 2.25. The van der Waals surface area contributed by atoms with Gasteiger partial charge in [0.05, 0.1) is 5.39 Å². The highest BCUT2D eigenvalue weighted by Gasteiger charge is 2.13. The molecule has 4 heteroatoms. The quantitative estimate of drug-likeness (QED) is 0.756. The van der Waals surface area contributed by atoms with Crippen molar-refractivity contribution in [3.63, 3.8) is 0 Å². The number of fused-ring (bicyclic) bond motifs is 1. The Kier molecular flexibility index (Phi) is 2.04. The van der Waals surface area contributed by atoms with Crippen LogP contribution in [0.15, 0.2) is 33.5 Å². The van der Waals surface area contributed by atoms with E-state index in [9.17, 15) is 9.59 Å². The maximum absolute atomic E-state index is 11.8. The second kappa shape index (κ2) is 3.24. The van der Waals surface area contributed by atoms with Crippen molar-refractivity contribution in [3.8, 4) is 0 Å². The second-order valence-corrected chi connectivity index (χ2v) is 3.25. The van der Waals surface area contributed by atoms with Crippen molar-refractivity contribution in [2.24, 2.45) is 5.73 Å². The number of carbonyl (C=O) groups excluding carboxylic acids is 1. The Morgan fingerprint density at radius 1 is 1.33 bits per heavy atom. The lowest BCUT2D eigenvalue weighted by Crippen LogP contribution is -2.18. The fourth-order valence-electron chi connectivity index (χ4n) is 1.47. The van der Waals surface area contributed by atoms with Gasteiger partial charge in [-0.15, -0.1) is 0 Å². The molecule has 1 heterocycles. The lowest BCUT2D eigenvalue weighted by atomic mass is 10.1. The van der Waals surface area contributed by atoms with Crippen LogP contribution in [0.4, 0.5) is 0 Å². The number of hydrogen-bond acceptors (Lipinski definition) is 3. The Hall–Kier alpha value is -2.10. The van der Waals surface area contributed by atoms with Crippen molar-refractivity contribution in [2.45, 2.75) is 6.92 Å². The number of primary amides is 1. The molecular weight excluding hydrogens is 194 g/mol. The topological polar surface area (TPSA) is 73.3 Å². The van der Waals surface area contributed by atoms with Crippen LogP contribution < -0.4 is 11.2 Å². The van der Waals surface area contributed by atoms with E-state index in [1.807, 2.05) is 0 Å². The van der Waals surface area contributed by atoms with Crippen molar-refractivity contribution >= 4 is 16.9 Å². The molecule has 4 nitrogen and oxygen atoms in total. The van der Waals surface area contributed by atoms with E-state index in [-0.39, 0.29) is 16.8 Å². The van der Waals surface area contributed by atoms with Crippen molar-refractivity contribution in [1.82, 2.24) is 0 Å². The summed E-state index contributed by atoms with van der Waals surface area (Å²) in [5, 5.41) is 0.458. The third-order valence-electron chi connectivity index (χ3n) is 2.25. The van der Waals surface area contributed by atoms with Crippen molar-refractivity contribution < 1.29 is 9.21 Å². The van der Waals surface area contributed by atoms with Crippen LogP contribution >= 0.6 is 0 Å². The van der Waals surface area contributed by atoms with Gasteiger partial charge >= 0.3 is 0 Å². The molecule has 76 valence electrons. The van der Waals surface area contributed by atoms with E-state index >= 15 is 0 Å². The van der Waals surface area contributed by atoms with Crippen molar-refractivity contribution in [2.75, 3.05) is 0 Å². The standard InChI is InChI=1S/C11H9NO3/c1-6-9(13)7-4-2-3-5-8(7)15-10(6)11(12)14/h2-5H,1H3,(H2,12,14). The Bertz CT molecular complexity index is 598. The van der Waals surface area contributed by atoms with Crippen LogP contribution in [0.1, 0.15) is 16.1 Å². The molecule has 15 heavy (non-hydrogen) atoms. The summed E-state index contributed by atoms with van der Waals surface area (Å²) in [6.07, 6.45) is 0. The smallest absolute Gasteiger partial charge is 0.284 e. The molecule has 1 amide bonds. The maximum Gasteiger partial charge on any atom is 0.284 e. The van der Waals surface area contributed by atoms with E-state index in [0.717, 1.165) is 0 Å². The van der Waals surface area contributed by atoms with Gasteiger partial charge in [-0.25, -0.2) is 0 Å². The van der Waals surface area contributed by atoms with Crippen LogP contribution in [0, 0.1) is 6.92 Å². The predicted molar refractivity (Wildman–Crippen MR) is 55.7 cm³/mol. The first-order chi connectivity index (χ1) is 7.11. The molecule has 0 saturated carbocycles. The van der Waals surface area contributed by atoms with Gasteiger partial charge in [-0.2, -0.15) is 0 Å². The van der Waals surface area contributed by atoms with Gasteiger partial charge in [-0.05, 0) is 19.1 Å². The number of hydrogen-bond donors (Lipinski definition) is 1. The molecule has 0 aliphatic carbocycles. The zero-order valence-corrected chi connectivity index (χ0v) is 8.11. The molecule has 0 atom stereocenters. The Morgan fingerprint density at radius 2 is 2.00 bits per heavy atom. The first-order valence-electron chi connectivity index (χ1n) is 4.43. The van der Waals surface area contributed by atoms with Gasteiger partial charge in [0.25, 0.3) is 5.91 Å². The minimum Gasteiger partial charge on any atom is -0.450 e. The molecule has 2 aromatic rings. The largest absolute Gasteiger partial charge is 0.450 e. The highest BCUT2D eigenvalue weighted by molar-refractivity contribution is 5.93. The summed E-state index contributed by atoms with van der Waals surface area (Å²) in [7, 11) is 0. The Labute approximate surface area is 85.3 Å². The minimum absolute atomic E-state index is 0.0706. The lowest BCUT2D eigenvalue weighted by molar-refractivity contribution is 0.0973. The molecule has 0 radical (unpaired) electrons. The van der Waals surface area contributed by atoms with E-state index in [4.69, 9.17) is 10.2 Å². The van der Waals surface area contributed by atoms with Gasteiger partial charge in [0.15, 0.2) is 11.2 Å². The summed E-state index contributed by atoms with van der Waals surface area (Å²) < 4.78 is 5.26. The van der Waals surface area contributed by atoms with E-state index in [1.54, 1.807) is 24.3 Å². The first-order valence-corrected chi connectivity index (χ1v) is 4.43. The van der Waals surface area contributed by atoms with Gasteiger partial charge in [-0.1, -0.05) is 12.1 Å². The second-order valence-electron chi connectivity index (χ2n) is 3.25. The van der Waals surface area contributed by atoms with Crippen LogP contribution in [0.3, 0.4) is 0 Å². The highest BCUT2D eigenvalue weighted by atomic mass is 16.3. The van der Waals surface area contributed by atoms with E-state index in [2.05, 4.69) is 0 Å². The molecule has 0 spiro atoms. The summed E-state index contributed by atoms with van der Waals surface area (Å²) in [6.45, 7) is 1.53. The molecule has 0 aliphatic rings. The van der Waals surface area contributed by atoms with Crippen LogP contribution in [0.2, 0.25) is 0 Å². The predicted octanol–water partition coefficient (Wildman–Crippen LogP) is 1.20. The number of carbonyl (C=O) groups is 1. The fraction of sp³-hybridized carbons (Fsp3) is 0.0909. The average molecular weight is 203 g/mol. The van der Waals surface area contributed by atoms with Gasteiger partial charge in [-0.3, -0.25) is 9.59 Å². The Balaban J connectivity index is 2.95. The van der Waals surface area contributed by atoms with Gasteiger partial charge < -0.3 is 10.2 Å². The van der Waals surface area contributed by atoms with E-state index < -0.39 is 5.91 Å². The summed E-state index contributed by atoms with van der Waals surface area (Å²) in [4.78, 5) is 22.8. The zero-order chi connectivity index (χ0) is 11.0. The van der Waals surface area contributed by atoms with Gasteiger partial charge in [0, 0.05) is 5.56 Å². The number of nitrogens with two attached hydrogens (primary N) is 1. The molecule has 2 N–H and O–H groups in total. The van der Waals surface area contributed by atoms with E-state index in [0.29, 0.717) is 11.0 Å². The summed E-state index contributed by atoms with van der Waals surface area (Å²) >= 11 is 0. The monoisotopic (exact) mass is 203 g/mol. The SMILES string of the molecule is Cc1c(C(N)=O)oc2ccccc2c1=O. The fourth-order valence-corrected chi connectivity index (χ4v) is 1.47. The van der Waals surface area contributed by atoms with Gasteiger partial charge in [0.1, 0.15) is 5.58 Å². The normalized spacial score (nSPS) is 10.5. The van der Waals surface area contributed by atoms with Gasteiger partial charge in [0.2, 0.25) is 0 Å². The number of amides is 1. The van der Waals surface area contributed by atoms with Crippen molar-refractivity contribution in [1.29, 1.82) is 0 Å². The molecule has 0 fully saturated rings. The lowest BCUT2D eigenvalue weighted by Gasteiger charge is -2.02. The minimum atomic E-state index is -0.727. The summed E-state index contributed by atoms with van der Waals surface area (Å²) in [6, 6.07) is 6.75. The van der Waals surface area contributed by atoms with Crippen molar-refractivity contribution in [3.05, 3.63) is 45.8 Å². The molecule has 1 aromatic heterocycles. The van der Waals surface area contributed by atoms with Crippen LogP contribution in [0.5, 0.6) is 0 Å². The third kappa shape index (κ3) is 1.40. The van der Waals surface area contributed by atoms with Crippen LogP contribution in [0.25, 0.3) is 11.0 Å². The maximum atomic E-state index is 11.8. The molecule has 0 bridgehead atoms. The molecule has 0 saturated heterocycles. The number of para-hydroxylation sites is 1. The summed E-state index contributed by atoms with van der Waals surface area (Å²) in [5.74, 6) is -0.797. The highest BCUT2D eigenvalue weighted by Crippen LogP contribution is 2.14. The average Bonchev–Trinajstić information content (AvgIpc) is 2.23. The molecule has 2 rings (SSSR count). The van der Waals surface area contributed by atoms with Crippen LogP contribution in [-0.2, 0) is 0 Å². The summed E-state index contributed by atoms with van der Waals surface area (Å²) in [5.41, 5.74) is 5.51.